The molecule has 0 saturated carbocycles. The largest absolute Gasteiger partial charge is 0.508 e. The number of aliphatic imine (C=N–C) groups is 1. The van der Waals surface area contributed by atoms with E-state index in [0.717, 1.165) is 43.1 Å². The predicted octanol–water partition coefficient (Wildman–Crippen LogP) is 3.05. The SMILES string of the molecule is O=C1N=NC(c2ccc(N3CCN(c4ccc(O)cc4)CC3)cc2)=N1. The van der Waals surface area contributed by atoms with Gasteiger partial charge in [-0.1, -0.05) is 5.11 Å². The molecule has 0 radical (unpaired) electrons. The van der Waals surface area contributed by atoms with E-state index in [1.54, 1.807) is 12.1 Å². The molecule has 7 heteroatoms. The Morgan fingerprint density at radius 1 is 0.760 bits per heavy atom. The number of hydrogen-bond donors (Lipinski definition) is 1. The van der Waals surface area contributed by atoms with Crippen molar-refractivity contribution in [3.8, 4) is 5.75 Å². The first-order chi connectivity index (χ1) is 12.2. The molecule has 2 amide bonds. The van der Waals surface area contributed by atoms with E-state index in [0.29, 0.717) is 5.84 Å². The number of anilines is 2. The van der Waals surface area contributed by atoms with E-state index in [4.69, 9.17) is 0 Å². The highest BCUT2D eigenvalue weighted by atomic mass is 16.3. The van der Waals surface area contributed by atoms with Crippen molar-refractivity contribution in [2.24, 2.45) is 15.2 Å². The summed E-state index contributed by atoms with van der Waals surface area (Å²) in [5.74, 6) is 0.657. The van der Waals surface area contributed by atoms with Gasteiger partial charge in [-0.15, -0.1) is 5.11 Å². The van der Waals surface area contributed by atoms with Gasteiger partial charge in [0.15, 0.2) is 5.84 Å². The van der Waals surface area contributed by atoms with Crippen molar-refractivity contribution in [3.63, 3.8) is 0 Å². The molecule has 0 spiro atoms. The molecule has 2 heterocycles. The summed E-state index contributed by atoms with van der Waals surface area (Å²) in [6.45, 7) is 3.67. The minimum absolute atomic E-state index is 0.288. The topological polar surface area (TPSA) is 80.9 Å². The van der Waals surface area contributed by atoms with Crippen molar-refractivity contribution in [2.45, 2.75) is 0 Å². The molecule has 0 bridgehead atoms. The van der Waals surface area contributed by atoms with E-state index in [1.807, 2.05) is 36.4 Å². The van der Waals surface area contributed by atoms with Gasteiger partial charge < -0.3 is 14.9 Å². The van der Waals surface area contributed by atoms with Crippen molar-refractivity contribution < 1.29 is 9.90 Å². The number of phenols is 1. The zero-order chi connectivity index (χ0) is 17.2. The second-order valence-electron chi connectivity index (χ2n) is 5.96. The Morgan fingerprint density at radius 3 is 1.76 bits per heavy atom. The van der Waals surface area contributed by atoms with Gasteiger partial charge in [0.2, 0.25) is 0 Å². The number of hydrogen-bond acceptors (Lipinski definition) is 5. The van der Waals surface area contributed by atoms with Crippen LogP contribution in [-0.4, -0.2) is 43.2 Å². The fourth-order valence-corrected chi connectivity index (χ4v) is 3.06. The van der Waals surface area contributed by atoms with Crippen LogP contribution in [0.1, 0.15) is 5.56 Å². The Labute approximate surface area is 144 Å². The molecule has 0 atom stereocenters. The third-order valence-corrected chi connectivity index (χ3v) is 4.42. The van der Waals surface area contributed by atoms with Crippen LogP contribution in [0.4, 0.5) is 16.2 Å². The molecule has 126 valence electrons. The maximum atomic E-state index is 11.0. The smallest absolute Gasteiger partial charge is 0.387 e. The van der Waals surface area contributed by atoms with Crippen molar-refractivity contribution in [1.82, 2.24) is 0 Å². The second-order valence-corrected chi connectivity index (χ2v) is 5.96. The first-order valence-corrected chi connectivity index (χ1v) is 8.13. The number of rotatable bonds is 3. The lowest BCUT2D eigenvalue weighted by molar-refractivity contribution is 0.257. The second kappa shape index (κ2) is 6.35. The van der Waals surface area contributed by atoms with Gasteiger partial charge in [0.1, 0.15) is 5.75 Å². The molecule has 2 aromatic carbocycles. The molecule has 0 unspecified atom stereocenters. The van der Waals surface area contributed by atoms with Crippen molar-refractivity contribution in [2.75, 3.05) is 36.0 Å². The number of piperazine rings is 1. The number of phenolic OH excluding ortho intramolecular Hbond substituents is 1. The molecule has 1 N–H and O–H groups in total. The molecule has 7 nitrogen and oxygen atoms in total. The summed E-state index contributed by atoms with van der Waals surface area (Å²) in [4.78, 5) is 19.4. The lowest BCUT2D eigenvalue weighted by Gasteiger charge is -2.37. The Balaban J connectivity index is 1.41. The summed E-state index contributed by atoms with van der Waals surface area (Å²) in [5, 5.41) is 16.6. The van der Waals surface area contributed by atoms with Gasteiger partial charge in [-0.2, -0.15) is 4.99 Å². The molecule has 2 aromatic rings. The highest BCUT2D eigenvalue weighted by molar-refractivity contribution is 6.08. The summed E-state index contributed by atoms with van der Waals surface area (Å²) in [5.41, 5.74) is 3.05. The third kappa shape index (κ3) is 3.21. The lowest BCUT2D eigenvalue weighted by atomic mass is 10.1. The van der Waals surface area contributed by atoms with Gasteiger partial charge in [-0.25, -0.2) is 4.79 Å². The van der Waals surface area contributed by atoms with Crippen LogP contribution in [0.15, 0.2) is 63.8 Å². The van der Waals surface area contributed by atoms with E-state index in [1.165, 1.54) is 0 Å². The van der Waals surface area contributed by atoms with Crippen molar-refractivity contribution in [1.29, 1.82) is 0 Å². The molecule has 25 heavy (non-hydrogen) atoms. The standard InChI is InChI=1S/C18H17N5O2/c24-16-7-5-15(6-8-16)23-11-9-22(10-12-23)14-3-1-13(2-4-14)17-19-18(25)21-20-17/h1-8,24H,9-12H2. The molecule has 2 aliphatic heterocycles. The summed E-state index contributed by atoms with van der Waals surface area (Å²) >= 11 is 0. The van der Waals surface area contributed by atoms with Crippen LogP contribution < -0.4 is 9.80 Å². The minimum Gasteiger partial charge on any atom is -0.508 e. The molecule has 0 aliphatic carbocycles. The molecule has 1 saturated heterocycles. The van der Waals surface area contributed by atoms with E-state index >= 15 is 0 Å². The van der Waals surface area contributed by atoms with Gasteiger partial charge in [-0.05, 0) is 48.5 Å². The van der Waals surface area contributed by atoms with Crippen LogP contribution in [0.25, 0.3) is 0 Å². The monoisotopic (exact) mass is 335 g/mol. The molecular formula is C18H17N5O2. The third-order valence-electron chi connectivity index (χ3n) is 4.42. The zero-order valence-corrected chi connectivity index (χ0v) is 13.5. The molecule has 1 fully saturated rings. The average Bonchev–Trinajstić information content (AvgIpc) is 3.09. The first-order valence-electron chi connectivity index (χ1n) is 8.13. The quantitative estimate of drug-likeness (QED) is 0.935. The number of carbonyl (C=O) groups is 1. The van der Waals surface area contributed by atoms with Crippen LogP contribution in [0, 0.1) is 0 Å². The zero-order valence-electron chi connectivity index (χ0n) is 13.5. The Hall–Kier alpha value is -3.22. The van der Waals surface area contributed by atoms with Crippen LogP contribution >= 0.6 is 0 Å². The normalized spacial score (nSPS) is 17.1. The maximum absolute atomic E-state index is 11.0. The fraction of sp³-hybridized carbons (Fsp3) is 0.222. The number of amides is 2. The van der Waals surface area contributed by atoms with Gasteiger partial charge in [0.25, 0.3) is 0 Å². The van der Waals surface area contributed by atoms with Gasteiger partial charge in [-0.3, -0.25) is 0 Å². The van der Waals surface area contributed by atoms with Crippen LogP contribution in [0.5, 0.6) is 5.75 Å². The lowest BCUT2D eigenvalue weighted by Crippen LogP contribution is -2.46. The average molecular weight is 335 g/mol. The number of aromatic hydroxyl groups is 1. The van der Waals surface area contributed by atoms with Crippen molar-refractivity contribution in [3.05, 3.63) is 54.1 Å². The maximum Gasteiger partial charge on any atom is 0.387 e. The van der Waals surface area contributed by atoms with E-state index in [9.17, 15) is 9.90 Å². The summed E-state index contributed by atoms with van der Waals surface area (Å²) < 4.78 is 0. The van der Waals surface area contributed by atoms with Crippen LogP contribution in [0.3, 0.4) is 0 Å². The van der Waals surface area contributed by atoms with Crippen molar-refractivity contribution >= 4 is 23.2 Å². The first kappa shape index (κ1) is 15.3. The highest BCUT2D eigenvalue weighted by Crippen LogP contribution is 2.23. The Morgan fingerprint density at radius 2 is 1.28 bits per heavy atom. The fourth-order valence-electron chi connectivity index (χ4n) is 3.06. The number of benzene rings is 2. The molecule has 4 rings (SSSR count). The summed E-state index contributed by atoms with van der Waals surface area (Å²) in [6, 6.07) is 14.6. The molecule has 2 aliphatic rings. The summed E-state index contributed by atoms with van der Waals surface area (Å²) in [6.07, 6.45) is 0. The van der Waals surface area contributed by atoms with E-state index in [-0.39, 0.29) is 5.75 Å². The predicted molar refractivity (Wildman–Crippen MR) is 95.8 cm³/mol. The number of nitrogens with zero attached hydrogens (tertiary/aromatic N) is 5. The van der Waals surface area contributed by atoms with Gasteiger partial charge in [0.05, 0.1) is 0 Å². The minimum atomic E-state index is -0.551. The van der Waals surface area contributed by atoms with Gasteiger partial charge >= 0.3 is 6.03 Å². The molecule has 0 aromatic heterocycles. The Kier molecular flexibility index (Phi) is 3.89. The summed E-state index contributed by atoms with van der Waals surface area (Å²) in [7, 11) is 0. The Bertz CT molecular complexity index is 835. The number of azo groups is 1. The number of carbonyl (C=O) groups excluding carboxylic acids is 1. The van der Waals surface area contributed by atoms with E-state index in [2.05, 4.69) is 25.0 Å². The molecular weight excluding hydrogens is 318 g/mol. The number of urea groups is 1. The highest BCUT2D eigenvalue weighted by Gasteiger charge is 2.18. The van der Waals surface area contributed by atoms with Crippen LogP contribution in [0.2, 0.25) is 0 Å². The number of amidine groups is 1. The van der Waals surface area contributed by atoms with Crippen LogP contribution in [-0.2, 0) is 0 Å². The van der Waals surface area contributed by atoms with Gasteiger partial charge in [0, 0.05) is 43.1 Å². The van der Waals surface area contributed by atoms with E-state index < -0.39 is 6.03 Å².